The Hall–Kier alpha value is -1.36. The SMILES string of the molecule is CC(C)n1ccnc(OC2CCNC2)c1=O. The Bertz CT molecular complexity index is 408. The number of aromatic nitrogens is 2. The molecule has 88 valence electrons. The molecule has 0 aromatic carbocycles. The van der Waals surface area contributed by atoms with Crippen LogP contribution in [0.2, 0.25) is 0 Å². The predicted octanol–water partition coefficient (Wildman–Crippen LogP) is 0.565. The standard InChI is InChI=1S/C11H17N3O2/c1-8(2)14-6-5-13-10(11(14)15)16-9-3-4-12-7-9/h5-6,8-9,12H,3-4,7H2,1-2H3. The molecule has 0 saturated carbocycles. The Morgan fingerprint density at radius 1 is 1.62 bits per heavy atom. The maximum absolute atomic E-state index is 12.0. The Morgan fingerprint density at radius 2 is 2.44 bits per heavy atom. The summed E-state index contributed by atoms with van der Waals surface area (Å²) in [6, 6.07) is 0.125. The lowest BCUT2D eigenvalue weighted by atomic mass is 10.3. The van der Waals surface area contributed by atoms with Gasteiger partial charge in [0, 0.05) is 25.0 Å². The molecule has 1 saturated heterocycles. The van der Waals surface area contributed by atoms with Gasteiger partial charge in [0.1, 0.15) is 6.10 Å². The first-order valence-electron chi connectivity index (χ1n) is 5.63. The molecule has 2 heterocycles. The van der Waals surface area contributed by atoms with Crippen molar-refractivity contribution in [1.82, 2.24) is 14.9 Å². The molecule has 1 atom stereocenters. The normalized spacial score (nSPS) is 20.3. The summed E-state index contributed by atoms with van der Waals surface area (Å²) < 4.78 is 7.22. The topological polar surface area (TPSA) is 56.1 Å². The zero-order chi connectivity index (χ0) is 11.5. The smallest absolute Gasteiger partial charge is 0.313 e. The van der Waals surface area contributed by atoms with Gasteiger partial charge in [-0.05, 0) is 26.8 Å². The van der Waals surface area contributed by atoms with Crippen molar-refractivity contribution in [2.45, 2.75) is 32.4 Å². The molecular formula is C11H17N3O2. The van der Waals surface area contributed by atoms with Gasteiger partial charge in [-0.1, -0.05) is 0 Å². The van der Waals surface area contributed by atoms with E-state index in [0.29, 0.717) is 0 Å². The van der Waals surface area contributed by atoms with Crippen LogP contribution in [0.25, 0.3) is 0 Å². The van der Waals surface area contributed by atoms with E-state index in [1.54, 1.807) is 17.0 Å². The monoisotopic (exact) mass is 223 g/mol. The van der Waals surface area contributed by atoms with Crippen molar-refractivity contribution in [1.29, 1.82) is 0 Å². The highest BCUT2D eigenvalue weighted by Gasteiger charge is 2.18. The molecular weight excluding hydrogens is 206 g/mol. The molecule has 1 N–H and O–H groups in total. The third-order valence-corrected chi connectivity index (χ3v) is 2.69. The lowest BCUT2D eigenvalue weighted by Gasteiger charge is -2.14. The summed E-state index contributed by atoms with van der Waals surface area (Å²) in [7, 11) is 0. The van der Waals surface area contributed by atoms with Crippen molar-refractivity contribution in [2.24, 2.45) is 0 Å². The van der Waals surface area contributed by atoms with Crippen LogP contribution in [0.5, 0.6) is 5.88 Å². The number of hydrogen-bond donors (Lipinski definition) is 1. The molecule has 5 nitrogen and oxygen atoms in total. The number of nitrogens with one attached hydrogen (secondary N) is 1. The first-order chi connectivity index (χ1) is 7.68. The molecule has 1 aliphatic rings. The number of ether oxygens (including phenoxy) is 1. The zero-order valence-electron chi connectivity index (χ0n) is 9.64. The van der Waals surface area contributed by atoms with Crippen LogP contribution < -0.4 is 15.6 Å². The zero-order valence-corrected chi connectivity index (χ0v) is 9.64. The largest absolute Gasteiger partial charge is 0.469 e. The second-order valence-electron chi connectivity index (χ2n) is 4.27. The molecule has 2 rings (SSSR count). The van der Waals surface area contributed by atoms with Crippen molar-refractivity contribution in [3.8, 4) is 5.88 Å². The van der Waals surface area contributed by atoms with Gasteiger partial charge in [0.15, 0.2) is 0 Å². The van der Waals surface area contributed by atoms with Crippen LogP contribution in [-0.4, -0.2) is 28.7 Å². The summed E-state index contributed by atoms with van der Waals surface area (Å²) in [4.78, 5) is 16.0. The second-order valence-corrected chi connectivity index (χ2v) is 4.27. The van der Waals surface area contributed by atoms with Gasteiger partial charge in [-0.2, -0.15) is 0 Å². The van der Waals surface area contributed by atoms with Crippen LogP contribution in [0.4, 0.5) is 0 Å². The lowest BCUT2D eigenvalue weighted by molar-refractivity contribution is 0.208. The van der Waals surface area contributed by atoms with Gasteiger partial charge < -0.3 is 14.6 Å². The predicted molar refractivity (Wildman–Crippen MR) is 60.8 cm³/mol. The molecule has 0 bridgehead atoms. The second kappa shape index (κ2) is 4.65. The van der Waals surface area contributed by atoms with E-state index < -0.39 is 0 Å². The van der Waals surface area contributed by atoms with Gasteiger partial charge in [-0.25, -0.2) is 4.98 Å². The van der Waals surface area contributed by atoms with Crippen molar-refractivity contribution >= 4 is 0 Å². The summed E-state index contributed by atoms with van der Waals surface area (Å²) in [6.45, 7) is 5.65. The van der Waals surface area contributed by atoms with E-state index in [2.05, 4.69) is 10.3 Å². The number of rotatable bonds is 3. The van der Waals surface area contributed by atoms with Crippen LogP contribution >= 0.6 is 0 Å². The quantitative estimate of drug-likeness (QED) is 0.813. The minimum Gasteiger partial charge on any atom is -0.469 e. The summed E-state index contributed by atoms with van der Waals surface area (Å²) in [5.74, 6) is 0.213. The molecule has 0 spiro atoms. The Morgan fingerprint density at radius 3 is 3.06 bits per heavy atom. The Balaban J connectivity index is 2.20. The average Bonchev–Trinajstić information content (AvgIpc) is 2.73. The van der Waals surface area contributed by atoms with Gasteiger partial charge in [0.05, 0.1) is 0 Å². The summed E-state index contributed by atoms with van der Waals surface area (Å²) in [5, 5.41) is 3.19. The molecule has 0 radical (unpaired) electrons. The van der Waals surface area contributed by atoms with Crippen LogP contribution in [0.15, 0.2) is 17.2 Å². The van der Waals surface area contributed by atoms with Crippen molar-refractivity contribution in [2.75, 3.05) is 13.1 Å². The van der Waals surface area contributed by atoms with Crippen molar-refractivity contribution in [3.63, 3.8) is 0 Å². The third kappa shape index (κ3) is 2.24. The molecule has 1 aliphatic heterocycles. The molecule has 1 aromatic heterocycles. The van der Waals surface area contributed by atoms with E-state index >= 15 is 0 Å². The number of nitrogens with zero attached hydrogens (tertiary/aromatic N) is 2. The molecule has 1 unspecified atom stereocenters. The van der Waals surface area contributed by atoms with E-state index in [1.807, 2.05) is 13.8 Å². The lowest BCUT2D eigenvalue weighted by Crippen LogP contribution is -2.28. The average molecular weight is 223 g/mol. The van der Waals surface area contributed by atoms with Crippen LogP contribution in [0.1, 0.15) is 26.3 Å². The van der Waals surface area contributed by atoms with Gasteiger partial charge in [0.2, 0.25) is 0 Å². The highest BCUT2D eigenvalue weighted by Crippen LogP contribution is 2.08. The first kappa shape index (κ1) is 11.1. The van der Waals surface area contributed by atoms with Crippen LogP contribution in [-0.2, 0) is 0 Å². The van der Waals surface area contributed by atoms with Crippen molar-refractivity contribution in [3.05, 3.63) is 22.7 Å². The first-order valence-corrected chi connectivity index (χ1v) is 5.63. The van der Waals surface area contributed by atoms with Crippen LogP contribution in [0.3, 0.4) is 0 Å². The number of hydrogen-bond acceptors (Lipinski definition) is 4. The molecule has 16 heavy (non-hydrogen) atoms. The fraction of sp³-hybridized carbons (Fsp3) is 0.636. The summed E-state index contributed by atoms with van der Waals surface area (Å²) in [5.41, 5.74) is -0.149. The summed E-state index contributed by atoms with van der Waals surface area (Å²) in [6.07, 6.45) is 4.30. The fourth-order valence-electron chi connectivity index (χ4n) is 1.78. The van der Waals surface area contributed by atoms with Gasteiger partial charge in [-0.3, -0.25) is 4.79 Å². The molecule has 0 aliphatic carbocycles. The van der Waals surface area contributed by atoms with Gasteiger partial charge in [-0.15, -0.1) is 0 Å². The third-order valence-electron chi connectivity index (χ3n) is 2.69. The minimum atomic E-state index is -0.149. The maximum atomic E-state index is 12.0. The van der Waals surface area contributed by atoms with E-state index in [-0.39, 0.29) is 23.6 Å². The molecule has 1 fully saturated rings. The highest BCUT2D eigenvalue weighted by atomic mass is 16.5. The minimum absolute atomic E-state index is 0.0724. The van der Waals surface area contributed by atoms with Gasteiger partial charge >= 0.3 is 5.56 Å². The van der Waals surface area contributed by atoms with E-state index in [9.17, 15) is 4.79 Å². The van der Waals surface area contributed by atoms with Crippen molar-refractivity contribution < 1.29 is 4.74 Å². The molecule has 5 heteroatoms. The Kier molecular flexibility index (Phi) is 3.24. The summed E-state index contributed by atoms with van der Waals surface area (Å²) >= 11 is 0. The van der Waals surface area contributed by atoms with Gasteiger partial charge in [0.25, 0.3) is 5.88 Å². The van der Waals surface area contributed by atoms with E-state index in [4.69, 9.17) is 4.74 Å². The van der Waals surface area contributed by atoms with Crippen LogP contribution in [0, 0.1) is 0 Å². The van der Waals surface area contributed by atoms with E-state index in [0.717, 1.165) is 19.5 Å². The van der Waals surface area contributed by atoms with E-state index in [1.165, 1.54) is 0 Å². The molecule has 0 amide bonds. The Labute approximate surface area is 94.5 Å². The molecule has 1 aromatic rings. The fourth-order valence-corrected chi connectivity index (χ4v) is 1.78. The highest BCUT2D eigenvalue weighted by molar-refractivity contribution is 5.06. The maximum Gasteiger partial charge on any atom is 0.313 e.